The number of hydrogen-bond acceptors (Lipinski definition) is 5. The Morgan fingerprint density at radius 3 is 2.50 bits per heavy atom. The Morgan fingerprint density at radius 2 is 1.93 bits per heavy atom. The second-order valence-corrected chi connectivity index (χ2v) is 7.39. The summed E-state index contributed by atoms with van der Waals surface area (Å²) in [5.74, 6) is -1.80. The Kier molecular flexibility index (Phi) is 5.50. The lowest BCUT2D eigenvalue weighted by atomic mass is 10.1. The molecule has 7 nitrogen and oxygen atoms in total. The maximum atomic E-state index is 13.1. The van der Waals surface area contributed by atoms with Gasteiger partial charge in [0.05, 0.1) is 11.4 Å². The smallest absolute Gasteiger partial charge is 0.365 e. The minimum atomic E-state index is -4.71. The van der Waals surface area contributed by atoms with Gasteiger partial charge in [0.25, 0.3) is 12.3 Å². The van der Waals surface area contributed by atoms with E-state index in [0.29, 0.717) is 11.3 Å². The summed E-state index contributed by atoms with van der Waals surface area (Å²) in [4.78, 5) is 27.4. The number of nitrogens with zero attached hydrogens (tertiary/aromatic N) is 3. The summed E-state index contributed by atoms with van der Waals surface area (Å²) in [5.41, 5.74) is 3.94. The number of nitrogens with two attached hydrogens (primary N) is 1. The van der Waals surface area contributed by atoms with E-state index >= 15 is 0 Å². The molecule has 0 bridgehead atoms. The van der Waals surface area contributed by atoms with Crippen LogP contribution in [0.2, 0.25) is 0 Å². The van der Waals surface area contributed by atoms with E-state index in [9.17, 15) is 31.5 Å². The zero-order chi connectivity index (χ0) is 22.4. The number of amides is 2. The number of fused-ring (bicyclic) bond motifs is 1. The normalized spacial score (nSPS) is 12.0. The topological polar surface area (TPSA) is 103 Å². The summed E-state index contributed by atoms with van der Waals surface area (Å²) in [6.45, 7) is 2.24. The van der Waals surface area contributed by atoms with Crippen LogP contribution in [0.4, 0.5) is 27.6 Å². The van der Waals surface area contributed by atoms with Gasteiger partial charge in [-0.25, -0.2) is 13.8 Å². The summed E-state index contributed by atoms with van der Waals surface area (Å²) >= 11 is 0.594. The van der Waals surface area contributed by atoms with Crippen molar-refractivity contribution in [1.29, 1.82) is 0 Å². The third-order valence-corrected chi connectivity index (χ3v) is 5.19. The molecular weight excluding hydrogens is 433 g/mol. The molecule has 0 unspecified atom stereocenters. The van der Waals surface area contributed by atoms with E-state index in [-0.39, 0.29) is 32.0 Å². The number of hydrogen-bond donors (Lipinski definition) is 2. The molecule has 160 valence electrons. The van der Waals surface area contributed by atoms with Gasteiger partial charge >= 0.3 is 6.18 Å². The van der Waals surface area contributed by atoms with E-state index in [1.165, 1.54) is 13.8 Å². The summed E-state index contributed by atoms with van der Waals surface area (Å²) in [6, 6.07) is 1.90. The molecule has 3 aromatic heterocycles. The Hall–Kier alpha value is -3.09. The second kappa shape index (κ2) is 7.63. The highest BCUT2D eigenvalue weighted by molar-refractivity contribution is 7.21. The fourth-order valence-electron chi connectivity index (χ4n) is 2.90. The van der Waals surface area contributed by atoms with Crippen LogP contribution >= 0.6 is 11.3 Å². The number of alkyl halides is 5. The van der Waals surface area contributed by atoms with Gasteiger partial charge < -0.3 is 11.1 Å². The minimum Gasteiger partial charge on any atom is -0.365 e. The molecule has 3 N–H and O–H groups in total. The molecule has 0 saturated heterocycles. The molecule has 0 fully saturated rings. The average molecular weight is 447 g/mol. The average Bonchev–Trinajstić information content (AvgIpc) is 3.15. The second-order valence-electron chi connectivity index (χ2n) is 6.39. The van der Waals surface area contributed by atoms with E-state index in [0.717, 1.165) is 16.8 Å². The number of carbonyl (C=O) groups is 2. The molecule has 0 aliphatic carbocycles. The zero-order valence-electron chi connectivity index (χ0n) is 15.5. The molecule has 13 heteroatoms. The van der Waals surface area contributed by atoms with Crippen molar-refractivity contribution in [3.05, 3.63) is 39.7 Å². The van der Waals surface area contributed by atoms with Gasteiger partial charge in [0.2, 0.25) is 5.91 Å². The fraction of sp³-hybridized carbons (Fsp3) is 0.294. The summed E-state index contributed by atoms with van der Waals surface area (Å²) in [7, 11) is 0. The SMILES string of the molecule is Cc1cc(C(F)F)n(CC(=O)Nc2c(C(N)=O)sc3nc(C(F)(F)F)cc(C)c23)n1. The molecule has 30 heavy (non-hydrogen) atoms. The van der Waals surface area contributed by atoms with Crippen LogP contribution < -0.4 is 11.1 Å². The van der Waals surface area contributed by atoms with Crippen LogP contribution in [-0.4, -0.2) is 26.6 Å². The highest BCUT2D eigenvalue weighted by atomic mass is 32.1. The van der Waals surface area contributed by atoms with Crippen molar-refractivity contribution < 1.29 is 31.5 Å². The molecule has 3 heterocycles. The summed E-state index contributed by atoms with van der Waals surface area (Å²) in [5, 5.41) is 6.32. The molecule has 0 aliphatic rings. The molecule has 0 spiro atoms. The minimum absolute atomic E-state index is 0.106. The Morgan fingerprint density at radius 1 is 1.27 bits per heavy atom. The third-order valence-electron chi connectivity index (χ3n) is 4.09. The van der Waals surface area contributed by atoms with Gasteiger partial charge in [0, 0.05) is 5.39 Å². The maximum Gasteiger partial charge on any atom is 0.433 e. The number of carbonyl (C=O) groups excluding carboxylic acids is 2. The lowest BCUT2D eigenvalue weighted by Gasteiger charge is -2.11. The number of primary amides is 1. The fourth-order valence-corrected chi connectivity index (χ4v) is 3.96. The van der Waals surface area contributed by atoms with E-state index in [2.05, 4.69) is 15.4 Å². The monoisotopic (exact) mass is 447 g/mol. The number of nitrogens with one attached hydrogen (secondary N) is 1. The van der Waals surface area contributed by atoms with Gasteiger partial charge in [-0.05, 0) is 31.5 Å². The number of anilines is 1. The van der Waals surface area contributed by atoms with Gasteiger partial charge in [-0.3, -0.25) is 14.3 Å². The van der Waals surface area contributed by atoms with Gasteiger partial charge in [0.15, 0.2) is 0 Å². The molecule has 2 amide bonds. The predicted octanol–water partition coefficient (Wildman–Crippen LogP) is 3.80. The molecule has 3 aromatic rings. The van der Waals surface area contributed by atoms with Gasteiger partial charge in [-0.1, -0.05) is 0 Å². The van der Waals surface area contributed by atoms with E-state index in [1.54, 1.807) is 0 Å². The Balaban J connectivity index is 2.02. The van der Waals surface area contributed by atoms with Gasteiger partial charge in [-0.2, -0.15) is 18.3 Å². The molecule has 0 aromatic carbocycles. The molecule has 0 aliphatic heterocycles. The summed E-state index contributed by atoms with van der Waals surface area (Å²) < 4.78 is 66.1. The van der Waals surface area contributed by atoms with Crippen molar-refractivity contribution in [3.63, 3.8) is 0 Å². The highest BCUT2D eigenvalue weighted by Gasteiger charge is 2.34. The number of pyridine rings is 1. The summed E-state index contributed by atoms with van der Waals surface area (Å²) in [6.07, 6.45) is -7.57. The van der Waals surface area contributed by atoms with Crippen LogP contribution in [0.15, 0.2) is 12.1 Å². The third kappa shape index (κ3) is 4.10. The van der Waals surface area contributed by atoms with Crippen molar-refractivity contribution in [3.8, 4) is 0 Å². The van der Waals surface area contributed by atoms with Crippen molar-refractivity contribution >= 4 is 39.1 Å². The number of aromatic nitrogens is 3. The maximum absolute atomic E-state index is 13.1. The number of rotatable bonds is 5. The first-order valence-electron chi connectivity index (χ1n) is 8.32. The number of aryl methyl sites for hydroxylation is 2. The van der Waals surface area contributed by atoms with Crippen molar-refractivity contribution in [2.45, 2.75) is 33.0 Å². The van der Waals surface area contributed by atoms with Crippen LogP contribution in [-0.2, 0) is 17.5 Å². The Bertz CT molecular complexity index is 1150. The van der Waals surface area contributed by atoms with E-state index < -0.39 is 42.3 Å². The first kappa shape index (κ1) is 21.6. The van der Waals surface area contributed by atoms with Crippen molar-refractivity contribution in [2.75, 3.05) is 5.32 Å². The van der Waals surface area contributed by atoms with Crippen LogP contribution in [0.1, 0.15) is 38.7 Å². The van der Waals surface area contributed by atoms with Crippen LogP contribution in [0.3, 0.4) is 0 Å². The largest absolute Gasteiger partial charge is 0.433 e. The zero-order valence-corrected chi connectivity index (χ0v) is 16.3. The van der Waals surface area contributed by atoms with E-state index in [4.69, 9.17) is 5.73 Å². The molecule has 3 rings (SSSR count). The van der Waals surface area contributed by atoms with Crippen LogP contribution in [0.5, 0.6) is 0 Å². The van der Waals surface area contributed by atoms with E-state index in [1.807, 2.05) is 0 Å². The number of halogens is 5. The van der Waals surface area contributed by atoms with Gasteiger partial charge in [0.1, 0.15) is 27.6 Å². The highest BCUT2D eigenvalue weighted by Crippen LogP contribution is 2.39. The van der Waals surface area contributed by atoms with Crippen molar-refractivity contribution in [2.24, 2.45) is 5.73 Å². The Labute approximate surface area is 169 Å². The predicted molar refractivity (Wildman–Crippen MR) is 98.4 cm³/mol. The quantitative estimate of drug-likeness (QED) is 0.581. The number of thiophene rings is 1. The molecule has 0 saturated carbocycles. The van der Waals surface area contributed by atoms with Crippen LogP contribution in [0.25, 0.3) is 10.2 Å². The van der Waals surface area contributed by atoms with Crippen molar-refractivity contribution in [1.82, 2.24) is 14.8 Å². The lowest BCUT2D eigenvalue weighted by molar-refractivity contribution is -0.141. The van der Waals surface area contributed by atoms with Gasteiger partial charge in [-0.15, -0.1) is 11.3 Å². The molecule has 0 atom stereocenters. The first-order chi connectivity index (χ1) is 13.9. The standard InChI is InChI=1S/C17H14F5N5O2S/c1-6-3-9(17(20,21)22)24-16-11(6)12(13(30-16)15(23)29)25-10(28)5-27-8(14(18)19)4-7(2)26-27/h3-4,14H,5H2,1-2H3,(H2,23,29)(H,25,28). The lowest BCUT2D eigenvalue weighted by Crippen LogP contribution is -2.22. The molecule has 0 radical (unpaired) electrons. The first-order valence-corrected chi connectivity index (χ1v) is 9.13. The van der Waals surface area contributed by atoms with Crippen LogP contribution in [0, 0.1) is 13.8 Å². The molecular formula is C17H14F5N5O2S.